The number of nitrogens with zero attached hydrogens (tertiary/aromatic N) is 1. The molecule has 1 aromatic carbocycles. The number of ether oxygens (including phenoxy) is 1. The van der Waals surface area contributed by atoms with Crippen molar-refractivity contribution in [2.24, 2.45) is 0 Å². The topological polar surface area (TPSA) is 53.2 Å². The summed E-state index contributed by atoms with van der Waals surface area (Å²) in [6.45, 7) is 0.0621. The van der Waals surface area contributed by atoms with Crippen molar-refractivity contribution in [1.82, 2.24) is 0 Å². The van der Waals surface area contributed by atoms with Crippen molar-refractivity contribution in [3.63, 3.8) is 0 Å². The van der Waals surface area contributed by atoms with E-state index < -0.39 is 6.10 Å². The monoisotopic (exact) mass is 211 g/mol. The summed E-state index contributed by atoms with van der Waals surface area (Å²) in [5.74, 6) is 0. The lowest BCUT2D eigenvalue weighted by Crippen LogP contribution is -2.05. The van der Waals surface area contributed by atoms with Crippen LogP contribution in [-0.2, 0) is 4.74 Å². The average molecular weight is 212 g/mol. The summed E-state index contributed by atoms with van der Waals surface area (Å²) in [6.07, 6.45) is -0.639. The van der Waals surface area contributed by atoms with Crippen molar-refractivity contribution >= 4 is 11.6 Å². The molecule has 0 bridgehead atoms. The fourth-order valence-corrected chi connectivity index (χ4v) is 1.14. The minimum Gasteiger partial charge on any atom is -0.394 e. The quantitative estimate of drug-likeness (QED) is 0.828. The molecule has 0 aromatic heterocycles. The summed E-state index contributed by atoms with van der Waals surface area (Å²) >= 11 is 5.70. The summed E-state index contributed by atoms with van der Waals surface area (Å²) < 4.78 is 5.11. The van der Waals surface area contributed by atoms with Crippen molar-refractivity contribution < 1.29 is 9.84 Å². The third-order valence-corrected chi connectivity index (χ3v) is 1.92. The normalized spacial score (nSPS) is 12.1. The molecule has 1 unspecified atom stereocenters. The molecule has 1 rings (SSSR count). The van der Waals surface area contributed by atoms with E-state index in [9.17, 15) is 0 Å². The Labute approximate surface area is 87.5 Å². The first-order valence-corrected chi connectivity index (χ1v) is 4.53. The van der Waals surface area contributed by atoms with E-state index in [2.05, 4.69) is 0 Å². The Hall–Kier alpha value is -1.08. The van der Waals surface area contributed by atoms with Crippen LogP contribution in [0.15, 0.2) is 24.3 Å². The molecule has 1 aromatic rings. The summed E-state index contributed by atoms with van der Waals surface area (Å²) in [6, 6.07) is 8.85. The predicted octanol–water partition coefficient (Wildman–Crippen LogP) is 1.91. The number of aliphatic hydroxyl groups is 1. The van der Waals surface area contributed by atoms with Gasteiger partial charge in [-0.2, -0.15) is 5.26 Å². The predicted molar refractivity (Wildman–Crippen MR) is 52.8 cm³/mol. The zero-order valence-corrected chi connectivity index (χ0v) is 8.24. The molecular formula is C10H10ClNO2. The average Bonchev–Trinajstić information content (AvgIpc) is 2.21. The molecule has 0 spiro atoms. The number of hydrogen-bond acceptors (Lipinski definition) is 3. The molecule has 1 atom stereocenters. The Morgan fingerprint density at radius 3 is 2.57 bits per heavy atom. The van der Waals surface area contributed by atoms with Gasteiger partial charge in [0.05, 0.1) is 19.3 Å². The van der Waals surface area contributed by atoms with E-state index in [0.717, 1.165) is 5.56 Å². The van der Waals surface area contributed by atoms with E-state index in [0.29, 0.717) is 5.02 Å². The van der Waals surface area contributed by atoms with Crippen molar-refractivity contribution in [2.45, 2.75) is 6.10 Å². The van der Waals surface area contributed by atoms with Gasteiger partial charge in [-0.25, -0.2) is 0 Å². The summed E-state index contributed by atoms with van der Waals surface area (Å²) in [5.41, 5.74) is 0.741. The van der Waals surface area contributed by atoms with Gasteiger partial charge in [0.1, 0.15) is 0 Å². The molecule has 0 radical (unpaired) electrons. The first-order chi connectivity index (χ1) is 6.77. The van der Waals surface area contributed by atoms with Crippen LogP contribution in [0.3, 0.4) is 0 Å². The first kappa shape index (κ1) is 11.0. The van der Waals surface area contributed by atoms with Crippen LogP contribution in [0.25, 0.3) is 0 Å². The zero-order valence-electron chi connectivity index (χ0n) is 7.48. The largest absolute Gasteiger partial charge is 0.394 e. The molecule has 0 aliphatic heterocycles. The molecule has 1 N–H and O–H groups in total. The highest BCUT2D eigenvalue weighted by molar-refractivity contribution is 6.30. The maximum absolute atomic E-state index is 8.79. The maximum Gasteiger partial charge on any atom is 0.169 e. The van der Waals surface area contributed by atoms with E-state index in [4.69, 9.17) is 26.7 Å². The summed E-state index contributed by atoms with van der Waals surface area (Å²) in [4.78, 5) is 0. The second-order valence-electron chi connectivity index (χ2n) is 2.66. The van der Waals surface area contributed by atoms with E-state index in [1.807, 2.05) is 6.07 Å². The summed E-state index contributed by atoms with van der Waals surface area (Å²) in [5, 5.41) is 18.0. The smallest absolute Gasteiger partial charge is 0.169 e. The molecule has 0 heterocycles. The van der Waals surface area contributed by atoms with Gasteiger partial charge in [-0.3, -0.25) is 0 Å². The Morgan fingerprint density at radius 2 is 2.07 bits per heavy atom. The van der Waals surface area contributed by atoms with Crippen LogP contribution in [0.5, 0.6) is 0 Å². The van der Waals surface area contributed by atoms with Crippen LogP contribution in [0.4, 0.5) is 0 Å². The molecular weight excluding hydrogens is 202 g/mol. The number of benzene rings is 1. The molecule has 0 aliphatic carbocycles. The second-order valence-corrected chi connectivity index (χ2v) is 3.09. The van der Waals surface area contributed by atoms with Gasteiger partial charge in [-0.05, 0) is 17.7 Å². The van der Waals surface area contributed by atoms with Gasteiger partial charge in [0, 0.05) is 5.02 Å². The van der Waals surface area contributed by atoms with Crippen LogP contribution in [-0.4, -0.2) is 18.3 Å². The number of halogens is 1. The fraction of sp³-hybridized carbons (Fsp3) is 0.300. The standard InChI is InChI=1S/C10H10ClNO2/c11-9-3-1-8(2-4-9)10(7-12)14-6-5-13/h1-4,10,13H,5-6H2. The van der Waals surface area contributed by atoms with Crippen LogP contribution in [0, 0.1) is 11.3 Å². The highest BCUT2D eigenvalue weighted by Gasteiger charge is 2.09. The van der Waals surface area contributed by atoms with Gasteiger partial charge in [0.25, 0.3) is 0 Å². The number of hydrogen-bond donors (Lipinski definition) is 1. The third-order valence-electron chi connectivity index (χ3n) is 1.67. The highest BCUT2D eigenvalue weighted by Crippen LogP contribution is 2.18. The lowest BCUT2D eigenvalue weighted by Gasteiger charge is -2.09. The molecule has 0 aliphatic rings. The third kappa shape index (κ3) is 3.00. The van der Waals surface area contributed by atoms with Gasteiger partial charge in [-0.15, -0.1) is 0 Å². The van der Waals surface area contributed by atoms with Crippen LogP contribution in [0.2, 0.25) is 5.02 Å². The molecule has 14 heavy (non-hydrogen) atoms. The fourth-order valence-electron chi connectivity index (χ4n) is 1.02. The highest BCUT2D eigenvalue weighted by atomic mass is 35.5. The Balaban J connectivity index is 2.70. The lowest BCUT2D eigenvalue weighted by molar-refractivity contribution is 0.0581. The molecule has 74 valence electrons. The van der Waals surface area contributed by atoms with E-state index in [1.54, 1.807) is 24.3 Å². The zero-order chi connectivity index (χ0) is 10.4. The van der Waals surface area contributed by atoms with Crippen molar-refractivity contribution in [2.75, 3.05) is 13.2 Å². The first-order valence-electron chi connectivity index (χ1n) is 4.15. The molecule has 0 fully saturated rings. The Kier molecular flexibility index (Phi) is 4.41. The molecule has 0 saturated heterocycles. The molecule has 0 amide bonds. The van der Waals surface area contributed by atoms with Crippen molar-refractivity contribution in [1.29, 1.82) is 5.26 Å². The lowest BCUT2D eigenvalue weighted by atomic mass is 10.1. The number of rotatable bonds is 4. The number of aliphatic hydroxyl groups excluding tert-OH is 1. The van der Waals surface area contributed by atoms with E-state index >= 15 is 0 Å². The van der Waals surface area contributed by atoms with Gasteiger partial charge < -0.3 is 9.84 Å². The minimum absolute atomic E-state index is 0.0915. The number of nitriles is 1. The van der Waals surface area contributed by atoms with Crippen LogP contribution < -0.4 is 0 Å². The SMILES string of the molecule is N#CC(OCCO)c1ccc(Cl)cc1. The maximum atomic E-state index is 8.79. The van der Waals surface area contributed by atoms with Gasteiger partial charge >= 0.3 is 0 Å². The summed E-state index contributed by atoms with van der Waals surface area (Å²) in [7, 11) is 0. The molecule has 3 nitrogen and oxygen atoms in total. The van der Waals surface area contributed by atoms with E-state index in [-0.39, 0.29) is 13.2 Å². The Bertz CT molecular complexity index is 318. The molecule has 4 heteroatoms. The van der Waals surface area contributed by atoms with Gasteiger partial charge in [0.15, 0.2) is 6.10 Å². The van der Waals surface area contributed by atoms with E-state index in [1.165, 1.54) is 0 Å². The Morgan fingerprint density at radius 1 is 1.43 bits per heavy atom. The van der Waals surface area contributed by atoms with Crippen LogP contribution in [0.1, 0.15) is 11.7 Å². The van der Waals surface area contributed by atoms with Gasteiger partial charge in [0.2, 0.25) is 0 Å². The molecule has 0 saturated carbocycles. The second kappa shape index (κ2) is 5.61. The van der Waals surface area contributed by atoms with Crippen molar-refractivity contribution in [3.05, 3.63) is 34.9 Å². The van der Waals surface area contributed by atoms with Crippen LogP contribution >= 0.6 is 11.6 Å². The van der Waals surface area contributed by atoms with Gasteiger partial charge in [-0.1, -0.05) is 23.7 Å². The minimum atomic E-state index is -0.639. The van der Waals surface area contributed by atoms with Crippen molar-refractivity contribution in [3.8, 4) is 6.07 Å².